The molecule has 1 rings (SSSR count). The molecule has 0 saturated carbocycles. The standard InChI is InChI=1S/C28H50NO5P/c1-24(2)26-23-27(31)29(28(26)32)21-18-20-25(30)19-16-14-12-10-8-6-4-5-7-9-11-13-15-17-22-35(3,33)34/h17,22,24,26H,4-16,18-21,23H2,1-3H3,(H,33,34)/b22-17+. The molecule has 0 aromatic rings. The average molecular weight is 512 g/mol. The fraction of sp³-hybridized carbons (Fsp3) is 0.821. The number of ketones is 1. The van der Waals surface area contributed by atoms with Gasteiger partial charge in [-0.05, 0) is 37.4 Å². The number of hydrogen-bond donors (Lipinski definition) is 1. The van der Waals surface area contributed by atoms with Crippen LogP contribution in [0.25, 0.3) is 0 Å². The number of hydrogen-bond acceptors (Lipinski definition) is 4. The predicted octanol–water partition coefficient (Wildman–Crippen LogP) is 7.24. The van der Waals surface area contributed by atoms with Crippen molar-refractivity contribution in [1.82, 2.24) is 4.90 Å². The number of Topliss-reactive ketones (excluding diaryl/α,β-unsaturated/α-hetero) is 1. The lowest BCUT2D eigenvalue weighted by Gasteiger charge is -2.16. The van der Waals surface area contributed by atoms with Gasteiger partial charge in [0.15, 0.2) is 0 Å². The summed E-state index contributed by atoms with van der Waals surface area (Å²) < 4.78 is 11.1. The molecular formula is C28H50NO5P. The summed E-state index contributed by atoms with van der Waals surface area (Å²) in [5, 5.41) is 0. The van der Waals surface area contributed by atoms with Crippen LogP contribution in [0.1, 0.15) is 123 Å². The number of unbranched alkanes of at least 4 members (excludes halogenated alkanes) is 12. The maximum atomic E-state index is 12.3. The smallest absolute Gasteiger partial charge is 0.233 e. The molecule has 202 valence electrons. The van der Waals surface area contributed by atoms with Crippen molar-refractivity contribution in [3.05, 3.63) is 11.9 Å². The van der Waals surface area contributed by atoms with E-state index in [2.05, 4.69) is 0 Å². The number of likely N-dealkylation sites (tertiary alicyclic amines) is 1. The summed E-state index contributed by atoms with van der Waals surface area (Å²) >= 11 is 0. The van der Waals surface area contributed by atoms with Crippen LogP contribution in [-0.4, -0.2) is 40.6 Å². The van der Waals surface area contributed by atoms with E-state index in [9.17, 15) is 23.8 Å². The van der Waals surface area contributed by atoms with E-state index in [1.165, 1.54) is 75.2 Å². The topological polar surface area (TPSA) is 91.8 Å². The molecule has 0 radical (unpaired) electrons. The van der Waals surface area contributed by atoms with Crippen LogP contribution in [-0.2, 0) is 18.9 Å². The first-order valence-corrected chi connectivity index (χ1v) is 16.1. The van der Waals surface area contributed by atoms with Gasteiger partial charge in [0.1, 0.15) is 5.78 Å². The van der Waals surface area contributed by atoms with Crippen molar-refractivity contribution >= 4 is 25.0 Å². The molecular weight excluding hydrogens is 461 g/mol. The first-order valence-electron chi connectivity index (χ1n) is 14.0. The van der Waals surface area contributed by atoms with Gasteiger partial charge in [-0.15, -0.1) is 0 Å². The molecule has 2 amide bonds. The van der Waals surface area contributed by atoms with Crippen LogP contribution >= 0.6 is 7.37 Å². The molecule has 0 spiro atoms. The Balaban J connectivity index is 1.87. The van der Waals surface area contributed by atoms with Gasteiger partial charge in [-0.25, -0.2) is 0 Å². The molecule has 0 bridgehead atoms. The largest absolute Gasteiger partial charge is 0.342 e. The van der Waals surface area contributed by atoms with E-state index in [-0.39, 0.29) is 29.4 Å². The number of carbonyl (C=O) groups is 3. The van der Waals surface area contributed by atoms with Crippen molar-refractivity contribution in [2.24, 2.45) is 11.8 Å². The van der Waals surface area contributed by atoms with Crippen molar-refractivity contribution in [3.8, 4) is 0 Å². The lowest BCUT2D eigenvalue weighted by Crippen LogP contribution is -2.32. The van der Waals surface area contributed by atoms with Gasteiger partial charge in [-0.1, -0.05) is 84.1 Å². The van der Waals surface area contributed by atoms with Gasteiger partial charge in [0.2, 0.25) is 19.2 Å². The Morgan fingerprint density at radius 1 is 0.914 bits per heavy atom. The molecule has 2 atom stereocenters. The Bertz CT molecular complexity index is 712. The molecule has 1 N–H and O–H groups in total. The second-order valence-electron chi connectivity index (χ2n) is 10.7. The van der Waals surface area contributed by atoms with Gasteiger partial charge < -0.3 is 4.89 Å². The van der Waals surface area contributed by atoms with Gasteiger partial charge in [0.25, 0.3) is 0 Å². The molecule has 1 heterocycles. The van der Waals surface area contributed by atoms with E-state index in [0.717, 1.165) is 25.7 Å². The Morgan fingerprint density at radius 3 is 1.89 bits per heavy atom. The first kappa shape index (κ1) is 31.8. The van der Waals surface area contributed by atoms with Crippen molar-refractivity contribution in [2.75, 3.05) is 13.2 Å². The third-order valence-corrected chi connectivity index (χ3v) is 7.64. The van der Waals surface area contributed by atoms with Crippen LogP contribution in [0.15, 0.2) is 11.9 Å². The summed E-state index contributed by atoms with van der Waals surface area (Å²) in [6.07, 6.45) is 19.1. The average Bonchev–Trinajstić information content (AvgIpc) is 3.06. The normalized spacial score (nSPS) is 18.2. The molecule has 0 aromatic carbocycles. The molecule has 0 aromatic heterocycles. The number of allylic oxidation sites excluding steroid dienone is 1. The predicted molar refractivity (Wildman–Crippen MR) is 143 cm³/mol. The third-order valence-electron chi connectivity index (χ3n) is 6.88. The minimum absolute atomic E-state index is 0.0591. The van der Waals surface area contributed by atoms with E-state index in [1.54, 1.807) is 0 Å². The number of amides is 2. The van der Waals surface area contributed by atoms with Gasteiger partial charge in [0, 0.05) is 38.4 Å². The highest BCUT2D eigenvalue weighted by atomic mass is 31.2. The minimum atomic E-state index is -2.99. The highest BCUT2D eigenvalue weighted by molar-refractivity contribution is 7.60. The van der Waals surface area contributed by atoms with Crippen LogP contribution in [0.5, 0.6) is 0 Å². The van der Waals surface area contributed by atoms with E-state index < -0.39 is 7.37 Å². The summed E-state index contributed by atoms with van der Waals surface area (Å²) in [6.45, 7) is 5.70. The van der Waals surface area contributed by atoms with Crippen LogP contribution in [0.4, 0.5) is 0 Å². The zero-order valence-electron chi connectivity index (χ0n) is 22.5. The quantitative estimate of drug-likeness (QED) is 0.0996. The molecule has 0 aliphatic carbocycles. The van der Waals surface area contributed by atoms with Crippen molar-refractivity contribution in [3.63, 3.8) is 0 Å². The lowest BCUT2D eigenvalue weighted by molar-refractivity contribution is -0.140. The fourth-order valence-electron chi connectivity index (χ4n) is 4.65. The Hall–Kier alpha value is -1.26. The molecule has 1 saturated heterocycles. The summed E-state index contributed by atoms with van der Waals surface area (Å²) in [7, 11) is -2.99. The molecule has 35 heavy (non-hydrogen) atoms. The van der Waals surface area contributed by atoms with Gasteiger partial charge in [-0.3, -0.25) is 23.8 Å². The van der Waals surface area contributed by atoms with Gasteiger partial charge >= 0.3 is 0 Å². The summed E-state index contributed by atoms with van der Waals surface area (Å²) in [5.41, 5.74) is 0. The Morgan fingerprint density at radius 2 is 1.40 bits per heavy atom. The number of carbonyl (C=O) groups excluding carboxylic acids is 3. The molecule has 1 fully saturated rings. The number of nitrogens with zero attached hydrogens (tertiary/aromatic N) is 1. The van der Waals surface area contributed by atoms with Crippen molar-refractivity contribution < 1.29 is 23.8 Å². The van der Waals surface area contributed by atoms with Crippen LogP contribution < -0.4 is 0 Å². The molecule has 7 heteroatoms. The highest BCUT2D eigenvalue weighted by Gasteiger charge is 2.39. The SMILES string of the molecule is CC(C)C1CC(=O)N(CCCC(=O)CCCCCCCCCCCCCC/C=C/P(C)(=O)O)C1=O. The van der Waals surface area contributed by atoms with E-state index in [4.69, 9.17) is 0 Å². The maximum Gasteiger partial charge on any atom is 0.233 e. The maximum absolute atomic E-state index is 12.3. The monoisotopic (exact) mass is 511 g/mol. The summed E-state index contributed by atoms with van der Waals surface area (Å²) in [6, 6.07) is 0. The minimum Gasteiger partial charge on any atom is -0.342 e. The number of rotatable bonds is 21. The van der Waals surface area contributed by atoms with Crippen LogP contribution in [0, 0.1) is 11.8 Å². The Kier molecular flexibility index (Phi) is 16.4. The first-order chi connectivity index (χ1) is 16.6. The molecule has 1 aliphatic heterocycles. The molecule has 1 aliphatic rings. The highest BCUT2D eigenvalue weighted by Crippen LogP contribution is 2.36. The van der Waals surface area contributed by atoms with Crippen molar-refractivity contribution in [1.29, 1.82) is 0 Å². The van der Waals surface area contributed by atoms with Crippen LogP contribution in [0.3, 0.4) is 0 Å². The van der Waals surface area contributed by atoms with Crippen LogP contribution in [0.2, 0.25) is 0 Å². The van der Waals surface area contributed by atoms with E-state index >= 15 is 0 Å². The van der Waals surface area contributed by atoms with Crippen molar-refractivity contribution in [2.45, 2.75) is 123 Å². The zero-order chi connectivity index (χ0) is 26.1. The molecule has 6 nitrogen and oxygen atoms in total. The Labute approximate surface area is 213 Å². The van der Waals surface area contributed by atoms with E-state index in [0.29, 0.717) is 32.2 Å². The molecule has 2 unspecified atom stereocenters. The summed E-state index contributed by atoms with van der Waals surface area (Å²) in [4.78, 5) is 47.0. The zero-order valence-corrected chi connectivity index (χ0v) is 23.4. The van der Waals surface area contributed by atoms with Gasteiger partial charge in [-0.2, -0.15) is 0 Å². The van der Waals surface area contributed by atoms with E-state index in [1.807, 2.05) is 19.9 Å². The second kappa shape index (κ2) is 18.1. The fourth-order valence-corrected chi connectivity index (χ4v) is 5.19. The van der Waals surface area contributed by atoms with Gasteiger partial charge in [0.05, 0.1) is 0 Å². The number of imide groups is 1. The third kappa shape index (κ3) is 15.5. The second-order valence-corrected chi connectivity index (χ2v) is 12.9. The lowest BCUT2D eigenvalue weighted by atomic mass is 9.94. The summed E-state index contributed by atoms with van der Waals surface area (Å²) in [5.74, 6) is 1.54.